The first-order valence-corrected chi connectivity index (χ1v) is 24.5. The van der Waals surface area contributed by atoms with Crippen molar-refractivity contribution in [3.05, 3.63) is 18.2 Å². The fourth-order valence-electron chi connectivity index (χ4n) is 8.19. The first-order valence-electron chi connectivity index (χ1n) is 24.5. The molecule has 2 fully saturated rings. The summed E-state index contributed by atoms with van der Waals surface area (Å²) in [4.78, 5) is 118. The quantitative estimate of drug-likeness (QED) is 0.0177. The van der Waals surface area contributed by atoms with Crippen LogP contribution in [0.5, 0.6) is 0 Å². The number of hydrogen-bond donors (Lipinski definition) is 20. The van der Waals surface area contributed by atoms with Crippen molar-refractivity contribution >= 4 is 65.2 Å². The molecule has 8 atom stereocenters. The Kier molecular flexibility index (Phi) is 26.2. The third kappa shape index (κ3) is 21.5. The van der Waals surface area contributed by atoms with Crippen LogP contribution in [0.15, 0.2) is 12.5 Å². The summed E-state index contributed by atoms with van der Waals surface area (Å²) in [5.41, 5.74) is 22.5. The number of aromatic nitrogens is 2. The summed E-state index contributed by atoms with van der Waals surface area (Å²) in [5.74, 6) is -7.50. The molecule has 0 aliphatic carbocycles. The minimum absolute atomic E-state index is 0.0137. The molecule has 3 rings (SSSR count). The fourth-order valence-corrected chi connectivity index (χ4v) is 8.19. The van der Waals surface area contributed by atoms with E-state index in [1.807, 2.05) is 0 Å². The fraction of sp³-hybridized carbons (Fsp3) is 0.674. The minimum Gasteiger partial charge on any atom is -0.480 e. The number of imidazole rings is 1. The number of carbonyl (C=O) groups excluding carboxylic acids is 7. The molecular formula is C43H76N20O10. The normalized spacial score (nSPS) is 17.5. The summed E-state index contributed by atoms with van der Waals surface area (Å²) >= 11 is 0. The van der Waals surface area contributed by atoms with Crippen molar-refractivity contribution in [2.24, 2.45) is 22.9 Å². The number of unbranched alkanes of at least 4 members (excludes halogenated alkanes) is 1. The summed E-state index contributed by atoms with van der Waals surface area (Å²) in [6.45, 7) is 0.497. The number of aliphatic hydroxyl groups is 1. The Labute approximate surface area is 422 Å². The smallest absolute Gasteiger partial charge is 0.328 e. The summed E-state index contributed by atoms with van der Waals surface area (Å²) < 4.78 is 0. The zero-order valence-corrected chi connectivity index (χ0v) is 41.0. The number of aliphatic hydroxyl groups excluding tert-OH is 1. The molecule has 0 bridgehead atoms. The molecule has 1 aromatic rings. The highest BCUT2D eigenvalue weighted by atomic mass is 16.4. The van der Waals surface area contributed by atoms with Gasteiger partial charge < -0.3 is 96.2 Å². The van der Waals surface area contributed by atoms with Crippen LogP contribution in [0.4, 0.5) is 0 Å². The number of nitrogens with two attached hydrogens (primary N) is 4. The van der Waals surface area contributed by atoms with Crippen LogP contribution >= 0.6 is 0 Å². The molecule has 2 aliphatic rings. The van der Waals surface area contributed by atoms with E-state index in [0.29, 0.717) is 44.3 Å². The van der Waals surface area contributed by atoms with E-state index in [1.165, 1.54) is 17.4 Å². The standard InChI is InChI=1S/C43H76N20O10/c44-14-2-1-8-26(58-35(67)28(11-5-17-54-42(47)48)59-34(66)27(10-4-16-53-41(45)46)57-33(65)25-9-3-15-52-25)36(68)60-29(12-6-18-55-43(49)50)39(71)63-19-7-13-32(63)38(70)61-30(20-24-21-51-23-56-24)37(69)62-31(22-64)40(72)73/h21,23,25-32,52,64H,1-20,22,44H2,(H,51,56)(H,57,65)(H,58,67)(H,59,66)(H,60,68)(H,61,70)(H,62,69)(H,72,73)(H4,45,46,53)(H4,47,48,54)(H4,49,50,55)/t25-,26-,27-,28-,29-,30-,31-,32-/m0/s1. The van der Waals surface area contributed by atoms with Crippen LogP contribution in [0.25, 0.3) is 0 Å². The van der Waals surface area contributed by atoms with Crippen LogP contribution in [0.2, 0.25) is 0 Å². The molecule has 0 saturated carbocycles. The summed E-state index contributed by atoms with van der Waals surface area (Å²) in [5, 5.41) is 68.4. The van der Waals surface area contributed by atoms with Gasteiger partial charge in [0, 0.05) is 38.8 Å². The first kappa shape index (κ1) is 60.0. The number of nitrogens with zero attached hydrogens (tertiary/aromatic N) is 2. The molecule has 408 valence electrons. The minimum atomic E-state index is -1.68. The second-order valence-corrected chi connectivity index (χ2v) is 17.7. The van der Waals surface area contributed by atoms with Crippen molar-refractivity contribution in [3.63, 3.8) is 0 Å². The zero-order valence-electron chi connectivity index (χ0n) is 41.0. The molecule has 73 heavy (non-hydrogen) atoms. The predicted octanol–water partition coefficient (Wildman–Crippen LogP) is -6.40. The van der Waals surface area contributed by atoms with Crippen LogP contribution in [-0.2, 0) is 44.8 Å². The van der Waals surface area contributed by atoms with Gasteiger partial charge in [0.2, 0.25) is 41.4 Å². The van der Waals surface area contributed by atoms with Crippen molar-refractivity contribution in [1.82, 2.24) is 68.0 Å². The number of carboxylic acid groups (broad SMARTS) is 1. The molecule has 24 N–H and O–H groups in total. The Morgan fingerprint density at radius 2 is 1.15 bits per heavy atom. The van der Waals surface area contributed by atoms with E-state index >= 15 is 0 Å². The van der Waals surface area contributed by atoms with E-state index in [4.69, 9.17) is 39.2 Å². The largest absolute Gasteiger partial charge is 0.480 e. The van der Waals surface area contributed by atoms with Crippen molar-refractivity contribution in [3.8, 4) is 0 Å². The number of carbonyl (C=O) groups is 8. The van der Waals surface area contributed by atoms with Gasteiger partial charge in [0.05, 0.1) is 24.7 Å². The topological polar surface area (TPSA) is 505 Å². The molecule has 30 heteroatoms. The zero-order chi connectivity index (χ0) is 53.9. The molecule has 7 amide bonds. The van der Waals surface area contributed by atoms with Gasteiger partial charge in [-0.1, -0.05) is 0 Å². The number of guanidine groups is 3. The Hall–Kier alpha value is -7.34. The van der Waals surface area contributed by atoms with Crippen molar-refractivity contribution in [1.29, 1.82) is 16.2 Å². The van der Waals surface area contributed by atoms with Crippen LogP contribution in [-0.4, -0.2) is 184 Å². The lowest BCUT2D eigenvalue weighted by Gasteiger charge is -2.31. The molecule has 0 radical (unpaired) electrons. The van der Waals surface area contributed by atoms with Crippen LogP contribution in [0, 0.1) is 16.2 Å². The van der Waals surface area contributed by atoms with Crippen molar-refractivity contribution in [2.45, 2.75) is 138 Å². The van der Waals surface area contributed by atoms with E-state index in [2.05, 4.69) is 63.1 Å². The van der Waals surface area contributed by atoms with Crippen LogP contribution < -0.4 is 76.1 Å². The molecule has 0 aromatic carbocycles. The monoisotopic (exact) mass is 1030 g/mol. The van der Waals surface area contributed by atoms with Gasteiger partial charge >= 0.3 is 5.97 Å². The number of amides is 7. The third-order valence-electron chi connectivity index (χ3n) is 12.0. The van der Waals surface area contributed by atoms with E-state index in [9.17, 15) is 48.6 Å². The molecular weight excluding hydrogens is 957 g/mol. The highest BCUT2D eigenvalue weighted by Gasteiger charge is 2.40. The van der Waals surface area contributed by atoms with Crippen molar-refractivity contribution in [2.75, 3.05) is 45.9 Å². The first-order chi connectivity index (χ1) is 34.8. The van der Waals surface area contributed by atoms with Gasteiger partial charge in [-0.15, -0.1) is 0 Å². The number of H-pyrrole nitrogens is 1. The highest BCUT2D eigenvalue weighted by Crippen LogP contribution is 2.21. The molecule has 0 unspecified atom stereocenters. The van der Waals surface area contributed by atoms with Gasteiger partial charge in [-0.25, -0.2) is 9.78 Å². The van der Waals surface area contributed by atoms with Gasteiger partial charge in [-0.2, -0.15) is 0 Å². The number of aromatic amines is 1. The Morgan fingerprint density at radius 3 is 1.63 bits per heavy atom. The summed E-state index contributed by atoms with van der Waals surface area (Å²) in [7, 11) is 0. The lowest BCUT2D eigenvalue weighted by molar-refractivity contribution is -0.144. The highest BCUT2D eigenvalue weighted by molar-refractivity contribution is 5.98. The summed E-state index contributed by atoms with van der Waals surface area (Å²) in [6.07, 6.45) is 6.04. The number of hydrogen-bond acceptors (Lipinski definition) is 15. The maximum absolute atomic E-state index is 14.6. The lowest BCUT2D eigenvalue weighted by Crippen LogP contribution is -2.60. The predicted molar refractivity (Wildman–Crippen MR) is 265 cm³/mol. The maximum Gasteiger partial charge on any atom is 0.328 e. The molecule has 1 aromatic heterocycles. The third-order valence-corrected chi connectivity index (χ3v) is 12.0. The van der Waals surface area contributed by atoms with E-state index in [0.717, 1.165) is 6.42 Å². The number of carboxylic acids is 1. The van der Waals surface area contributed by atoms with Gasteiger partial charge in [-0.05, 0) is 96.6 Å². The van der Waals surface area contributed by atoms with E-state index in [-0.39, 0.29) is 102 Å². The van der Waals surface area contributed by atoms with Crippen LogP contribution in [0.1, 0.15) is 89.2 Å². The number of nitrogens with one attached hydrogen (secondary N) is 14. The maximum atomic E-state index is 14.6. The van der Waals surface area contributed by atoms with Gasteiger partial charge in [0.25, 0.3) is 0 Å². The average molecular weight is 1030 g/mol. The molecule has 2 saturated heterocycles. The number of aliphatic carboxylic acids is 1. The molecule has 0 spiro atoms. The molecule has 3 heterocycles. The van der Waals surface area contributed by atoms with E-state index in [1.54, 1.807) is 0 Å². The molecule has 2 aliphatic heterocycles. The Bertz CT molecular complexity index is 2020. The molecule has 30 nitrogen and oxygen atoms in total. The Balaban J connectivity index is 1.90. The van der Waals surface area contributed by atoms with Gasteiger partial charge in [-0.3, -0.25) is 49.8 Å². The van der Waals surface area contributed by atoms with Crippen LogP contribution in [0.3, 0.4) is 0 Å². The van der Waals surface area contributed by atoms with Crippen molar-refractivity contribution < 1.29 is 48.6 Å². The van der Waals surface area contributed by atoms with Gasteiger partial charge in [0.1, 0.15) is 42.3 Å². The second kappa shape index (κ2) is 31.9. The lowest BCUT2D eigenvalue weighted by atomic mass is 10.0. The Morgan fingerprint density at radius 1 is 0.658 bits per heavy atom. The number of rotatable bonds is 33. The number of likely N-dealkylation sites (tertiary alicyclic amines) is 1. The second-order valence-electron chi connectivity index (χ2n) is 17.7. The van der Waals surface area contributed by atoms with E-state index < -0.39 is 102 Å². The summed E-state index contributed by atoms with van der Waals surface area (Å²) in [6, 6.07) is -9.76. The van der Waals surface area contributed by atoms with Gasteiger partial charge in [0.15, 0.2) is 17.9 Å². The average Bonchev–Trinajstić information content (AvgIpc) is 4.17. The SMILES string of the molecule is N=C(N)NCCC[C@H](NC(=O)[C@@H]1CCCN1)C(=O)N[C@@H](CCCNC(=N)N)C(=O)N[C@@H](CCCCN)C(=O)N[C@@H](CCCNC(=N)N)C(=O)N1CCC[C@H]1C(=O)N[C@@H](Cc1c[nH]cn1)C(=O)N[C@@H](CO)C(=O)O.